The monoisotopic (exact) mass is 235 g/mol. The van der Waals surface area contributed by atoms with Gasteiger partial charge in [0.15, 0.2) is 11.5 Å². The SMILES string of the molecule is C=CCCOc1ccc(CNCC)cc1OC. The molecule has 0 saturated carbocycles. The highest BCUT2D eigenvalue weighted by Gasteiger charge is 2.05. The Morgan fingerprint density at radius 1 is 1.35 bits per heavy atom. The van der Waals surface area contributed by atoms with E-state index in [1.165, 1.54) is 5.56 Å². The van der Waals surface area contributed by atoms with Crippen LogP contribution in [-0.4, -0.2) is 20.3 Å². The van der Waals surface area contributed by atoms with Gasteiger partial charge in [0.1, 0.15) is 0 Å². The van der Waals surface area contributed by atoms with Crippen LogP contribution < -0.4 is 14.8 Å². The van der Waals surface area contributed by atoms with Crippen molar-refractivity contribution in [3.05, 3.63) is 36.4 Å². The third-order valence-electron chi connectivity index (χ3n) is 2.39. The van der Waals surface area contributed by atoms with Gasteiger partial charge < -0.3 is 14.8 Å². The first-order valence-corrected chi connectivity index (χ1v) is 5.93. The fraction of sp³-hybridized carbons (Fsp3) is 0.429. The van der Waals surface area contributed by atoms with Gasteiger partial charge in [0.05, 0.1) is 13.7 Å². The van der Waals surface area contributed by atoms with Gasteiger partial charge in [-0.25, -0.2) is 0 Å². The van der Waals surface area contributed by atoms with E-state index < -0.39 is 0 Å². The van der Waals surface area contributed by atoms with E-state index in [0.29, 0.717) is 6.61 Å². The maximum absolute atomic E-state index is 5.61. The molecule has 0 aliphatic heterocycles. The molecule has 1 aromatic carbocycles. The van der Waals surface area contributed by atoms with Gasteiger partial charge in [0.25, 0.3) is 0 Å². The standard InChI is InChI=1S/C14H21NO2/c1-4-6-9-17-13-8-7-12(11-15-5-2)10-14(13)16-3/h4,7-8,10,15H,1,5-6,9,11H2,2-3H3. The van der Waals surface area contributed by atoms with E-state index in [1.807, 2.05) is 18.2 Å². The smallest absolute Gasteiger partial charge is 0.161 e. The third kappa shape index (κ3) is 4.49. The van der Waals surface area contributed by atoms with E-state index in [0.717, 1.165) is 31.0 Å². The lowest BCUT2D eigenvalue weighted by Crippen LogP contribution is -2.11. The molecule has 0 spiro atoms. The van der Waals surface area contributed by atoms with Crippen molar-refractivity contribution >= 4 is 0 Å². The Morgan fingerprint density at radius 2 is 2.18 bits per heavy atom. The molecule has 94 valence electrons. The highest BCUT2D eigenvalue weighted by atomic mass is 16.5. The molecule has 0 heterocycles. The first-order chi connectivity index (χ1) is 8.31. The highest BCUT2D eigenvalue weighted by Crippen LogP contribution is 2.28. The lowest BCUT2D eigenvalue weighted by Gasteiger charge is -2.11. The van der Waals surface area contributed by atoms with Gasteiger partial charge in [-0.2, -0.15) is 0 Å². The Kier molecular flexibility index (Phi) is 6.18. The molecule has 0 atom stereocenters. The molecular weight excluding hydrogens is 214 g/mol. The van der Waals surface area contributed by atoms with Crippen molar-refractivity contribution in [2.75, 3.05) is 20.3 Å². The van der Waals surface area contributed by atoms with Crippen LogP contribution in [-0.2, 0) is 6.54 Å². The summed E-state index contributed by atoms with van der Waals surface area (Å²) in [4.78, 5) is 0. The lowest BCUT2D eigenvalue weighted by molar-refractivity contribution is 0.299. The zero-order valence-electron chi connectivity index (χ0n) is 10.7. The van der Waals surface area contributed by atoms with Crippen LogP contribution in [0.3, 0.4) is 0 Å². The van der Waals surface area contributed by atoms with Gasteiger partial charge in [-0.15, -0.1) is 6.58 Å². The van der Waals surface area contributed by atoms with E-state index >= 15 is 0 Å². The van der Waals surface area contributed by atoms with Gasteiger partial charge in [0, 0.05) is 6.54 Å². The number of benzene rings is 1. The zero-order chi connectivity index (χ0) is 12.5. The number of nitrogens with one attached hydrogen (secondary N) is 1. The third-order valence-corrected chi connectivity index (χ3v) is 2.39. The maximum Gasteiger partial charge on any atom is 0.161 e. The molecule has 0 amide bonds. The minimum absolute atomic E-state index is 0.631. The second-order valence-corrected chi connectivity index (χ2v) is 3.69. The summed E-state index contributed by atoms with van der Waals surface area (Å²) in [6.07, 6.45) is 2.67. The Labute approximate surface area is 103 Å². The van der Waals surface area contributed by atoms with Crippen LogP contribution in [0.2, 0.25) is 0 Å². The summed E-state index contributed by atoms with van der Waals surface area (Å²) < 4.78 is 10.9. The highest BCUT2D eigenvalue weighted by molar-refractivity contribution is 5.42. The fourth-order valence-electron chi connectivity index (χ4n) is 1.46. The molecule has 0 radical (unpaired) electrons. The molecule has 1 N–H and O–H groups in total. The van der Waals surface area contributed by atoms with Crippen LogP contribution in [0, 0.1) is 0 Å². The summed E-state index contributed by atoms with van der Waals surface area (Å²) >= 11 is 0. The summed E-state index contributed by atoms with van der Waals surface area (Å²) in [7, 11) is 1.66. The lowest BCUT2D eigenvalue weighted by atomic mass is 10.2. The van der Waals surface area contributed by atoms with E-state index in [9.17, 15) is 0 Å². The van der Waals surface area contributed by atoms with Crippen molar-refractivity contribution in [2.24, 2.45) is 0 Å². The second kappa shape index (κ2) is 7.74. The van der Waals surface area contributed by atoms with Crippen molar-refractivity contribution < 1.29 is 9.47 Å². The van der Waals surface area contributed by atoms with Crippen molar-refractivity contribution in [2.45, 2.75) is 19.9 Å². The predicted octanol–water partition coefficient (Wildman–Crippen LogP) is 2.76. The van der Waals surface area contributed by atoms with Gasteiger partial charge in [-0.3, -0.25) is 0 Å². The minimum atomic E-state index is 0.631. The minimum Gasteiger partial charge on any atom is -0.493 e. The predicted molar refractivity (Wildman–Crippen MR) is 70.7 cm³/mol. The number of ether oxygens (including phenoxy) is 2. The molecule has 0 saturated heterocycles. The fourth-order valence-corrected chi connectivity index (χ4v) is 1.46. The van der Waals surface area contributed by atoms with Crippen LogP contribution in [0.1, 0.15) is 18.9 Å². The number of hydrogen-bond donors (Lipinski definition) is 1. The molecule has 3 nitrogen and oxygen atoms in total. The molecular formula is C14H21NO2. The van der Waals surface area contributed by atoms with Crippen LogP contribution in [0.5, 0.6) is 11.5 Å². The van der Waals surface area contributed by atoms with E-state index in [-0.39, 0.29) is 0 Å². The van der Waals surface area contributed by atoms with E-state index in [1.54, 1.807) is 7.11 Å². The quantitative estimate of drug-likeness (QED) is 0.555. The van der Waals surface area contributed by atoms with Crippen LogP contribution in [0.15, 0.2) is 30.9 Å². The van der Waals surface area contributed by atoms with Crippen LogP contribution in [0.4, 0.5) is 0 Å². The van der Waals surface area contributed by atoms with Gasteiger partial charge >= 0.3 is 0 Å². The average Bonchev–Trinajstić information content (AvgIpc) is 2.37. The van der Waals surface area contributed by atoms with E-state index in [4.69, 9.17) is 9.47 Å². The molecule has 0 aromatic heterocycles. The molecule has 0 aliphatic carbocycles. The number of hydrogen-bond acceptors (Lipinski definition) is 3. The zero-order valence-corrected chi connectivity index (χ0v) is 10.7. The molecule has 1 aromatic rings. The first-order valence-electron chi connectivity index (χ1n) is 5.93. The topological polar surface area (TPSA) is 30.5 Å². The second-order valence-electron chi connectivity index (χ2n) is 3.69. The van der Waals surface area contributed by atoms with Gasteiger partial charge in [-0.05, 0) is 30.7 Å². The molecule has 17 heavy (non-hydrogen) atoms. The van der Waals surface area contributed by atoms with Gasteiger partial charge in [0.2, 0.25) is 0 Å². The normalized spacial score (nSPS) is 10.0. The summed E-state index contributed by atoms with van der Waals surface area (Å²) in [6.45, 7) is 8.19. The average molecular weight is 235 g/mol. The number of rotatable bonds is 8. The largest absolute Gasteiger partial charge is 0.493 e. The van der Waals surface area contributed by atoms with Crippen LogP contribution >= 0.6 is 0 Å². The molecule has 0 fully saturated rings. The molecule has 0 bridgehead atoms. The summed E-state index contributed by atoms with van der Waals surface area (Å²) in [6, 6.07) is 6.01. The van der Waals surface area contributed by atoms with E-state index in [2.05, 4.69) is 24.9 Å². The Balaban J connectivity index is 2.67. The summed E-state index contributed by atoms with van der Waals surface area (Å²) in [5.41, 5.74) is 1.19. The molecule has 0 aliphatic rings. The Morgan fingerprint density at radius 3 is 2.82 bits per heavy atom. The molecule has 0 unspecified atom stereocenters. The van der Waals surface area contributed by atoms with Crippen molar-refractivity contribution in [3.8, 4) is 11.5 Å². The van der Waals surface area contributed by atoms with Crippen molar-refractivity contribution in [3.63, 3.8) is 0 Å². The van der Waals surface area contributed by atoms with Crippen LogP contribution in [0.25, 0.3) is 0 Å². The molecule has 3 heteroatoms. The van der Waals surface area contributed by atoms with Gasteiger partial charge in [-0.1, -0.05) is 19.1 Å². The summed E-state index contributed by atoms with van der Waals surface area (Å²) in [5, 5.41) is 3.28. The van der Waals surface area contributed by atoms with Crippen molar-refractivity contribution in [1.29, 1.82) is 0 Å². The first kappa shape index (κ1) is 13.6. The number of methoxy groups -OCH3 is 1. The van der Waals surface area contributed by atoms with Crippen molar-refractivity contribution in [1.82, 2.24) is 5.32 Å². The summed E-state index contributed by atoms with van der Waals surface area (Å²) in [5.74, 6) is 1.57. The Hall–Kier alpha value is -1.48. The molecule has 1 rings (SSSR count). The maximum atomic E-state index is 5.61. The Bertz CT molecular complexity index is 350.